The molecule has 0 aliphatic heterocycles. The minimum absolute atomic E-state index is 0.0237. The van der Waals surface area contributed by atoms with Crippen LogP contribution < -0.4 is 5.43 Å². The van der Waals surface area contributed by atoms with Gasteiger partial charge in [-0.25, -0.2) is 10.4 Å². The third-order valence-corrected chi connectivity index (χ3v) is 3.19. The average molecular weight is 366 g/mol. The second-order valence-corrected chi connectivity index (χ2v) is 4.82. The highest BCUT2D eigenvalue weighted by Gasteiger charge is 2.23. The molecule has 0 spiro atoms. The predicted molar refractivity (Wildman–Crippen MR) is 85.7 cm³/mol. The van der Waals surface area contributed by atoms with Gasteiger partial charge in [0.1, 0.15) is 5.15 Å². The lowest BCUT2D eigenvalue weighted by atomic mass is 10.1. The monoisotopic (exact) mass is 365 g/mol. The van der Waals surface area contributed by atoms with Crippen LogP contribution in [0.1, 0.15) is 15.9 Å². The summed E-state index contributed by atoms with van der Waals surface area (Å²) in [6.45, 7) is 0. The molecule has 12 heteroatoms. The number of carbonyl (C=O) groups excluding carboxylic acids is 1. The number of benzene rings is 1. The highest BCUT2D eigenvalue weighted by atomic mass is 35.5. The summed E-state index contributed by atoms with van der Waals surface area (Å²) in [5.74, 6) is -1.55. The number of aromatic nitrogens is 1. The van der Waals surface area contributed by atoms with Gasteiger partial charge in [-0.05, 0) is 12.1 Å². The summed E-state index contributed by atoms with van der Waals surface area (Å²) < 4.78 is 0. The van der Waals surface area contributed by atoms with Gasteiger partial charge in [-0.3, -0.25) is 25.0 Å². The summed E-state index contributed by atoms with van der Waals surface area (Å²) >= 11 is 5.74. The molecule has 0 radical (unpaired) electrons. The van der Waals surface area contributed by atoms with Crippen molar-refractivity contribution < 1.29 is 19.7 Å². The van der Waals surface area contributed by atoms with Gasteiger partial charge >= 0.3 is 5.69 Å². The Bertz CT molecular complexity index is 900. The van der Waals surface area contributed by atoms with E-state index in [1.165, 1.54) is 18.3 Å². The number of nitro groups is 2. The predicted octanol–water partition coefficient (Wildman–Crippen LogP) is 2.02. The lowest BCUT2D eigenvalue weighted by Gasteiger charge is -2.02. The van der Waals surface area contributed by atoms with Crippen LogP contribution in [0.2, 0.25) is 5.15 Å². The maximum atomic E-state index is 11.9. The molecule has 128 valence electrons. The SMILES string of the molecule is O=C(NN=Cc1cc([N+](=O)[O-])cc([N+](=O)[O-])c1O)c1cccnc1Cl. The third-order valence-electron chi connectivity index (χ3n) is 2.89. The summed E-state index contributed by atoms with van der Waals surface area (Å²) in [5, 5.41) is 34.9. The van der Waals surface area contributed by atoms with E-state index in [1.54, 1.807) is 0 Å². The number of phenols is 1. The Balaban J connectivity index is 2.29. The quantitative estimate of drug-likeness (QED) is 0.354. The first-order valence-electron chi connectivity index (χ1n) is 6.41. The van der Waals surface area contributed by atoms with Crippen molar-refractivity contribution in [2.24, 2.45) is 5.10 Å². The summed E-state index contributed by atoms with van der Waals surface area (Å²) in [6, 6.07) is 4.34. The van der Waals surface area contributed by atoms with E-state index in [0.29, 0.717) is 6.07 Å². The first kappa shape index (κ1) is 17.7. The van der Waals surface area contributed by atoms with E-state index in [9.17, 15) is 30.1 Å². The van der Waals surface area contributed by atoms with E-state index >= 15 is 0 Å². The van der Waals surface area contributed by atoms with Crippen LogP contribution in [0.15, 0.2) is 35.6 Å². The number of hydrogen-bond donors (Lipinski definition) is 2. The molecular weight excluding hydrogens is 358 g/mol. The van der Waals surface area contributed by atoms with Crippen LogP contribution in [0.3, 0.4) is 0 Å². The lowest BCUT2D eigenvalue weighted by molar-refractivity contribution is -0.394. The highest BCUT2D eigenvalue weighted by Crippen LogP contribution is 2.33. The molecule has 25 heavy (non-hydrogen) atoms. The molecule has 0 saturated carbocycles. The van der Waals surface area contributed by atoms with Crippen molar-refractivity contribution in [3.63, 3.8) is 0 Å². The first-order chi connectivity index (χ1) is 11.8. The van der Waals surface area contributed by atoms with E-state index in [2.05, 4.69) is 15.5 Å². The van der Waals surface area contributed by atoms with Crippen molar-refractivity contribution in [2.45, 2.75) is 0 Å². The smallest absolute Gasteiger partial charge is 0.318 e. The number of nitrogens with zero attached hydrogens (tertiary/aromatic N) is 4. The molecule has 1 aromatic heterocycles. The molecule has 1 aromatic carbocycles. The molecule has 0 bridgehead atoms. The maximum Gasteiger partial charge on any atom is 0.318 e. The molecule has 0 aliphatic carbocycles. The van der Waals surface area contributed by atoms with Crippen LogP contribution in [-0.4, -0.2) is 32.1 Å². The van der Waals surface area contributed by atoms with Crippen LogP contribution in [0, 0.1) is 20.2 Å². The summed E-state index contributed by atoms with van der Waals surface area (Å²) in [6.07, 6.45) is 2.21. The minimum atomic E-state index is -0.979. The number of hydrogen-bond acceptors (Lipinski definition) is 8. The number of nitro benzene ring substituents is 2. The third kappa shape index (κ3) is 4.03. The Morgan fingerprint density at radius 1 is 1.32 bits per heavy atom. The molecule has 0 atom stereocenters. The van der Waals surface area contributed by atoms with Crippen LogP contribution in [0.25, 0.3) is 0 Å². The Hall–Kier alpha value is -3.60. The number of halogens is 1. The van der Waals surface area contributed by atoms with Crippen molar-refractivity contribution in [2.75, 3.05) is 0 Å². The number of non-ortho nitro benzene ring substituents is 1. The number of amides is 1. The van der Waals surface area contributed by atoms with Crippen molar-refractivity contribution in [3.8, 4) is 5.75 Å². The number of phenolic OH excluding ortho intramolecular Hbond substituents is 1. The molecule has 1 heterocycles. The van der Waals surface area contributed by atoms with Crippen molar-refractivity contribution in [1.29, 1.82) is 0 Å². The van der Waals surface area contributed by atoms with Crippen LogP contribution in [-0.2, 0) is 0 Å². The van der Waals surface area contributed by atoms with Gasteiger partial charge in [-0.15, -0.1) is 0 Å². The highest BCUT2D eigenvalue weighted by molar-refractivity contribution is 6.32. The molecule has 2 N–H and O–H groups in total. The van der Waals surface area contributed by atoms with Crippen LogP contribution in [0.4, 0.5) is 11.4 Å². The molecule has 2 aromatic rings. The second-order valence-electron chi connectivity index (χ2n) is 4.46. The van der Waals surface area contributed by atoms with Crippen molar-refractivity contribution >= 4 is 35.1 Å². The van der Waals surface area contributed by atoms with Gasteiger partial charge in [0.15, 0.2) is 0 Å². The standard InChI is InChI=1S/C13H8ClN5O6/c14-12-9(2-1-3-15-12)13(21)17-16-6-7-4-8(18(22)23)5-10(11(7)20)19(24)25/h1-6,20H,(H,17,21). The fourth-order valence-corrected chi connectivity index (χ4v) is 1.95. The number of hydrazone groups is 1. The Morgan fingerprint density at radius 3 is 2.64 bits per heavy atom. The molecule has 11 nitrogen and oxygen atoms in total. The molecule has 0 unspecified atom stereocenters. The molecule has 0 fully saturated rings. The van der Waals surface area contributed by atoms with Gasteiger partial charge in [0.05, 0.1) is 33.3 Å². The van der Waals surface area contributed by atoms with Crippen molar-refractivity contribution in [1.82, 2.24) is 10.4 Å². The largest absolute Gasteiger partial charge is 0.502 e. The number of carbonyl (C=O) groups is 1. The average Bonchev–Trinajstić information content (AvgIpc) is 2.56. The van der Waals surface area contributed by atoms with E-state index in [1.807, 2.05) is 0 Å². The zero-order valence-corrected chi connectivity index (χ0v) is 12.9. The van der Waals surface area contributed by atoms with Gasteiger partial charge < -0.3 is 5.11 Å². The number of rotatable bonds is 5. The van der Waals surface area contributed by atoms with Crippen LogP contribution in [0.5, 0.6) is 5.75 Å². The number of aromatic hydroxyl groups is 1. The Labute approximate surface area is 143 Å². The molecular formula is C13H8ClN5O6. The fourth-order valence-electron chi connectivity index (χ4n) is 1.74. The van der Waals surface area contributed by atoms with E-state index < -0.39 is 32.9 Å². The van der Waals surface area contributed by atoms with Gasteiger partial charge in [-0.1, -0.05) is 11.6 Å². The Morgan fingerprint density at radius 2 is 2.04 bits per heavy atom. The van der Waals surface area contributed by atoms with E-state index in [-0.39, 0.29) is 16.3 Å². The molecule has 0 saturated heterocycles. The summed E-state index contributed by atoms with van der Waals surface area (Å²) in [4.78, 5) is 35.4. The van der Waals surface area contributed by atoms with Gasteiger partial charge in [0.25, 0.3) is 11.6 Å². The van der Waals surface area contributed by atoms with Gasteiger partial charge in [-0.2, -0.15) is 5.10 Å². The summed E-state index contributed by atoms with van der Waals surface area (Å²) in [7, 11) is 0. The lowest BCUT2D eigenvalue weighted by Crippen LogP contribution is -2.18. The maximum absolute atomic E-state index is 11.9. The number of pyridine rings is 1. The second kappa shape index (κ2) is 7.31. The summed E-state index contributed by atoms with van der Waals surface area (Å²) in [5.41, 5.74) is 0.289. The Kier molecular flexibility index (Phi) is 5.19. The molecule has 2 rings (SSSR count). The molecule has 0 aliphatic rings. The topological polar surface area (TPSA) is 161 Å². The van der Waals surface area contributed by atoms with E-state index in [4.69, 9.17) is 11.6 Å². The molecule has 1 amide bonds. The van der Waals surface area contributed by atoms with Gasteiger partial charge in [0, 0.05) is 12.3 Å². The zero-order valence-electron chi connectivity index (χ0n) is 12.1. The van der Waals surface area contributed by atoms with E-state index in [0.717, 1.165) is 12.3 Å². The minimum Gasteiger partial charge on any atom is -0.502 e. The zero-order chi connectivity index (χ0) is 18.6. The normalized spacial score (nSPS) is 10.6. The first-order valence-corrected chi connectivity index (χ1v) is 6.78. The van der Waals surface area contributed by atoms with Crippen molar-refractivity contribution in [3.05, 3.63) is 67.0 Å². The van der Waals surface area contributed by atoms with Gasteiger partial charge in [0.2, 0.25) is 5.75 Å². The fraction of sp³-hybridized carbons (Fsp3) is 0. The number of nitrogens with one attached hydrogen (secondary N) is 1. The van der Waals surface area contributed by atoms with Crippen LogP contribution >= 0.6 is 11.6 Å².